The second-order valence-corrected chi connectivity index (χ2v) is 9.95. The molecule has 0 N–H and O–H groups in total. The van der Waals surface area contributed by atoms with Gasteiger partial charge < -0.3 is 9.47 Å². The summed E-state index contributed by atoms with van der Waals surface area (Å²) >= 11 is 25.0. The molecule has 1 saturated heterocycles. The minimum absolute atomic E-state index is 0.637. The van der Waals surface area contributed by atoms with Crippen LogP contribution >= 0.6 is 46.4 Å². The Bertz CT molecular complexity index is 1270. The van der Waals surface area contributed by atoms with E-state index in [0.29, 0.717) is 26.6 Å². The Morgan fingerprint density at radius 2 is 1.45 bits per heavy atom. The quantitative estimate of drug-likeness (QED) is 0.283. The van der Waals surface area contributed by atoms with E-state index in [1.807, 2.05) is 36.4 Å². The number of piperazine rings is 1. The SMILES string of the molecule is Clc1cc(Cl)cc(N2CCN(Cc3nc4ccccc4n3Cc3ccc(Cl)cc3Cl)CC2)c1. The topological polar surface area (TPSA) is 24.3 Å². The van der Waals surface area contributed by atoms with Gasteiger partial charge in [0.15, 0.2) is 0 Å². The molecule has 0 spiro atoms. The molecule has 3 aromatic carbocycles. The standard InChI is InChI=1S/C25H22Cl4N4/c26-18-6-5-17(22(29)14-18)15-33-24-4-2-1-3-23(24)30-25(33)16-31-7-9-32(10-8-31)21-12-19(27)11-20(28)13-21/h1-6,11-14H,7-10,15-16H2. The lowest BCUT2D eigenvalue weighted by Gasteiger charge is -2.36. The maximum atomic E-state index is 6.49. The molecule has 0 unspecified atom stereocenters. The Morgan fingerprint density at radius 1 is 0.727 bits per heavy atom. The van der Waals surface area contributed by atoms with E-state index in [9.17, 15) is 0 Å². The fraction of sp³-hybridized carbons (Fsp3) is 0.240. The Morgan fingerprint density at radius 3 is 2.18 bits per heavy atom. The number of hydrogen-bond donors (Lipinski definition) is 0. The number of benzene rings is 3. The van der Waals surface area contributed by atoms with Gasteiger partial charge in [-0.1, -0.05) is 64.6 Å². The van der Waals surface area contributed by atoms with E-state index in [1.165, 1.54) is 0 Å². The van der Waals surface area contributed by atoms with E-state index in [-0.39, 0.29) is 0 Å². The molecule has 0 radical (unpaired) electrons. The molecule has 5 rings (SSSR count). The van der Waals surface area contributed by atoms with Crippen LogP contribution in [0.25, 0.3) is 11.0 Å². The zero-order valence-corrected chi connectivity index (χ0v) is 20.8. The Labute approximate surface area is 213 Å². The van der Waals surface area contributed by atoms with Gasteiger partial charge in [-0.3, -0.25) is 4.90 Å². The number of imidazole rings is 1. The zero-order valence-electron chi connectivity index (χ0n) is 17.8. The molecule has 0 amide bonds. The number of nitrogens with zero attached hydrogens (tertiary/aromatic N) is 4. The highest BCUT2D eigenvalue weighted by atomic mass is 35.5. The summed E-state index contributed by atoms with van der Waals surface area (Å²) in [5, 5.41) is 2.63. The Kier molecular flexibility index (Phi) is 6.73. The van der Waals surface area contributed by atoms with E-state index >= 15 is 0 Å². The first-order chi connectivity index (χ1) is 16.0. The van der Waals surface area contributed by atoms with E-state index in [2.05, 4.69) is 26.5 Å². The van der Waals surface area contributed by atoms with Crippen LogP contribution in [0.2, 0.25) is 20.1 Å². The Hall–Kier alpha value is -1.95. The summed E-state index contributed by atoms with van der Waals surface area (Å²) in [5.74, 6) is 1.03. The molecular weight excluding hydrogens is 498 g/mol. The lowest BCUT2D eigenvalue weighted by Crippen LogP contribution is -2.46. The van der Waals surface area contributed by atoms with Crippen LogP contribution in [-0.4, -0.2) is 40.6 Å². The number of fused-ring (bicyclic) bond motifs is 1. The summed E-state index contributed by atoms with van der Waals surface area (Å²) in [6, 6.07) is 19.6. The van der Waals surface area contributed by atoms with Gasteiger partial charge in [-0.05, 0) is 48.0 Å². The predicted molar refractivity (Wildman–Crippen MR) is 139 cm³/mol. The molecule has 4 nitrogen and oxygen atoms in total. The third-order valence-corrected chi connectivity index (χ3v) is 7.05. The van der Waals surface area contributed by atoms with Crippen molar-refractivity contribution in [3.05, 3.63) is 92.1 Å². The molecule has 1 aromatic heterocycles. The first-order valence-electron chi connectivity index (χ1n) is 10.8. The molecule has 4 aromatic rings. The van der Waals surface area contributed by atoms with Crippen molar-refractivity contribution >= 4 is 63.1 Å². The van der Waals surface area contributed by atoms with Crippen molar-refractivity contribution in [3.63, 3.8) is 0 Å². The molecule has 1 aliphatic rings. The van der Waals surface area contributed by atoms with Crippen molar-refractivity contribution in [1.29, 1.82) is 0 Å². The van der Waals surface area contributed by atoms with Gasteiger partial charge in [0.25, 0.3) is 0 Å². The summed E-state index contributed by atoms with van der Waals surface area (Å²) in [7, 11) is 0. The van der Waals surface area contributed by atoms with Crippen LogP contribution in [0.5, 0.6) is 0 Å². The van der Waals surface area contributed by atoms with E-state index < -0.39 is 0 Å². The smallest absolute Gasteiger partial charge is 0.124 e. The molecule has 0 atom stereocenters. The highest BCUT2D eigenvalue weighted by Gasteiger charge is 2.21. The van der Waals surface area contributed by atoms with Gasteiger partial charge in [-0.2, -0.15) is 0 Å². The van der Waals surface area contributed by atoms with E-state index in [1.54, 1.807) is 12.1 Å². The first-order valence-corrected chi connectivity index (χ1v) is 12.3. The van der Waals surface area contributed by atoms with Crippen molar-refractivity contribution in [2.45, 2.75) is 13.1 Å². The van der Waals surface area contributed by atoms with Crippen LogP contribution in [0.1, 0.15) is 11.4 Å². The molecule has 8 heteroatoms. The molecule has 0 saturated carbocycles. The van der Waals surface area contributed by atoms with Crippen molar-refractivity contribution in [1.82, 2.24) is 14.5 Å². The van der Waals surface area contributed by atoms with Crippen LogP contribution in [0.15, 0.2) is 60.7 Å². The zero-order chi connectivity index (χ0) is 22.9. The molecule has 0 bridgehead atoms. The molecule has 0 aliphatic carbocycles. The van der Waals surface area contributed by atoms with Gasteiger partial charge in [-0.15, -0.1) is 0 Å². The number of halogens is 4. The van der Waals surface area contributed by atoms with Gasteiger partial charge in [0.2, 0.25) is 0 Å². The summed E-state index contributed by atoms with van der Waals surface area (Å²) in [4.78, 5) is 9.71. The molecule has 1 fully saturated rings. The fourth-order valence-corrected chi connectivity index (χ4v) is 5.31. The normalized spacial score (nSPS) is 14.8. The third-order valence-electron chi connectivity index (χ3n) is 6.03. The van der Waals surface area contributed by atoms with Crippen molar-refractivity contribution in [3.8, 4) is 0 Å². The Balaban J connectivity index is 1.35. The van der Waals surface area contributed by atoms with Crippen LogP contribution in [-0.2, 0) is 13.1 Å². The summed E-state index contributed by atoms with van der Waals surface area (Å²) in [6.45, 7) is 5.07. The monoisotopic (exact) mass is 518 g/mol. The lowest BCUT2D eigenvalue weighted by molar-refractivity contribution is 0.241. The van der Waals surface area contributed by atoms with Crippen molar-refractivity contribution in [2.24, 2.45) is 0 Å². The third kappa shape index (κ3) is 5.11. The number of aromatic nitrogens is 2. The molecular formula is C25H22Cl4N4. The number of anilines is 1. The van der Waals surface area contributed by atoms with Gasteiger partial charge in [0, 0.05) is 52.0 Å². The highest BCUT2D eigenvalue weighted by Crippen LogP contribution is 2.28. The second-order valence-electron chi connectivity index (χ2n) is 8.23. The molecule has 33 heavy (non-hydrogen) atoms. The van der Waals surface area contributed by atoms with Crippen LogP contribution in [0.3, 0.4) is 0 Å². The maximum Gasteiger partial charge on any atom is 0.124 e. The average molecular weight is 520 g/mol. The minimum atomic E-state index is 0.637. The van der Waals surface area contributed by atoms with Crippen LogP contribution < -0.4 is 4.90 Å². The summed E-state index contributed by atoms with van der Waals surface area (Å²) in [5.41, 5.74) is 4.18. The van der Waals surface area contributed by atoms with E-state index in [4.69, 9.17) is 51.4 Å². The highest BCUT2D eigenvalue weighted by molar-refractivity contribution is 6.35. The van der Waals surface area contributed by atoms with Gasteiger partial charge in [0.1, 0.15) is 5.82 Å². The predicted octanol–water partition coefficient (Wildman–Crippen LogP) is 7.02. The molecule has 170 valence electrons. The van der Waals surface area contributed by atoms with Crippen LogP contribution in [0, 0.1) is 0 Å². The van der Waals surface area contributed by atoms with Crippen LogP contribution in [0.4, 0.5) is 5.69 Å². The van der Waals surface area contributed by atoms with Crippen molar-refractivity contribution in [2.75, 3.05) is 31.1 Å². The number of rotatable bonds is 5. The van der Waals surface area contributed by atoms with E-state index in [0.717, 1.165) is 60.8 Å². The summed E-state index contributed by atoms with van der Waals surface area (Å²) < 4.78 is 2.26. The second kappa shape index (κ2) is 9.73. The fourth-order valence-electron chi connectivity index (χ4n) is 4.33. The molecule has 2 heterocycles. The minimum Gasteiger partial charge on any atom is -0.369 e. The maximum absolute atomic E-state index is 6.49. The average Bonchev–Trinajstić information content (AvgIpc) is 3.12. The number of hydrogen-bond acceptors (Lipinski definition) is 3. The largest absolute Gasteiger partial charge is 0.369 e. The van der Waals surface area contributed by atoms with Gasteiger partial charge in [-0.25, -0.2) is 4.98 Å². The first kappa shape index (κ1) is 22.8. The van der Waals surface area contributed by atoms with Gasteiger partial charge in [0.05, 0.1) is 24.1 Å². The summed E-state index contributed by atoms with van der Waals surface area (Å²) in [6.07, 6.45) is 0. The van der Waals surface area contributed by atoms with Crippen molar-refractivity contribution < 1.29 is 0 Å². The molecule has 1 aliphatic heterocycles. The van der Waals surface area contributed by atoms with Gasteiger partial charge >= 0.3 is 0 Å². The number of para-hydroxylation sites is 2. The lowest BCUT2D eigenvalue weighted by atomic mass is 10.2.